The molecule has 2 aromatic rings. The number of nitrogens with one attached hydrogen (secondary N) is 1. The van der Waals surface area contributed by atoms with E-state index in [0.717, 1.165) is 12.1 Å². The van der Waals surface area contributed by atoms with Gasteiger partial charge in [-0.2, -0.15) is 0 Å². The van der Waals surface area contributed by atoms with Crippen molar-refractivity contribution < 1.29 is 22.7 Å². The molecule has 0 atom stereocenters. The largest absolute Gasteiger partial charge is 0.478 e. The van der Waals surface area contributed by atoms with Crippen LogP contribution in [-0.2, 0) is 10.0 Å². The summed E-state index contributed by atoms with van der Waals surface area (Å²) in [7, 11) is -4.20. The van der Waals surface area contributed by atoms with Crippen LogP contribution in [0.5, 0.6) is 0 Å². The molecule has 1 aromatic carbocycles. The summed E-state index contributed by atoms with van der Waals surface area (Å²) in [5.41, 5.74) is -0.657. The van der Waals surface area contributed by atoms with Crippen LogP contribution >= 0.6 is 0 Å². The Kier molecular flexibility index (Phi) is 3.85. The van der Waals surface area contributed by atoms with Crippen LogP contribution in [0.15, 0.2) is 35.5 Å². The van der Waals surface area contributed by atoms with E-state index in [1.807, 2.05) is 0 Å². The minimum atomic E-state index is -4.20. The van der Waals surface area contributed by atoms with Gasteiger partial charge in [0.1, 0.15) is 5.82 Å². The van der Waals surface area contributed by atoms with Crippen molar-refractivity contribution in [1.29, 1.82) is 0 Å². The Hall–Kier alpha value is -2.55. The van der Waals surface area contributed by atoms with Crippen LogP contribution < -0.4 is 4.72 Å². The lowest BCUT2D eigenvalue weighted by Crippen LogP contribution is -2.17. The molecule has 0 bridgehead atoms. The molecule has 110 valence electrons. The summed E-state index contributed by atoms with van der Waals surface area (Å²) < 4.78 is 40.1. The summed E-state index contributed by atoms with van der Waals surface area (Å²) in [6.07, 6.45) is 2.65. The molecule has 0 unspecified atom stereocenters. The van der Waals surface area contributed by atoms with Crippen LogP contribution in [0.3, 0.4) is 0 Å². The van der Waals surface area contributed by atoms with E-state index in [2.05, 4.69) is 14.7 Å². The number of nitrogens with zero attached hydrogens (tertiary/aromatic N) is 2. The van der Waals surface area contributed by atoms with Crippen molar-refractivity contribution >= 4 is 21.9 Å². The summed E-state index contributed by atoms with van der Waals surface area (Å²) in [6.45, 7) is 1.24. The minimum Gasteiger partial charge on any atom is -0.478 e. The van der Waals surface area contributed by atoms with Gasteiger partial charge in [0.25, 0.3) is 10.0 Å². The van der Waals surface area contributed by atoms with Gasteiger partial charge < -0.3 is 5.11 Å². The molecule has 1 aromatic heterocycles. The van der Waals surface area contributed by atoms with Crippen LogP contribution in [0.4, 0.5) is 10.3 Å². The SMILES string of the molecule is Cc1c(F)cc(C(=O)O)cc1S(=O)(=O)Nc1ncccn1. The number of benzene rings is 1. The van der Waals surface area contributed by atoms with E-state index in [9.17, 15) is 17.6 Å². The van der Waals surface area contributed by atoms with E-state index in [4.69, 9.17) is 5.11 Å². The maximum absolute atomic E-state index is 13.7. The van der Waals surface area contributed by atoms with Crippen molar-refractivity contribution in [3.05, 3.63) is 47.5 Å². The van der Waals surface area contributed by atoms with Crippen LogP contribution in [0, 0.1) is 12.7 Å². The van der Waals surface area contributed by atoms with Crippen molar-refractivity contribution in [2.45, 2.75) is 11.8 Å². The van der Waals surface area contributed by atoms with E-state index in [-0.39, 0.29) is 11.5 Å². The molecule has 2 N–H and O–H groups in total. The van der Waals surface area contributed by atoms with E-state index >= 15 is 0 Å². The number of hydrogen-bond acceptors (Lipinski definition) is 5. The standard InChI is InChI=1S/C12H10FN3O4S/c1-7-9(13)5-8(11(17)18)6-10(7)21(19,20)16-12-14-3-2-4-15-12/h2-6H,1H3,(H,17,18)(H,14,15,16). The minimum absolute atomic E-state index is 0.191. The number of aromatic nitrogens is 2. The van der Waals surface area contributed by atoms with E-state index < -0.39 is 32.3 Å². The molecule has 0 aliphatic heterocycles. The van der Waals surface area contributed by atoms with Crippen molar-refractivity contribution in [1.82, 2.24) is 9.97 Å². The Morgan fingerprint density at radius 3 is 2.48 bits per heavy atom. The van der Waals surface area contributed by atoms with E-state index in [0.29, 0.717) is 0 Å². The fraction of sp³-hybridized carbons (Fsp3) is 0.0833. The van der Waals surface area contributed by atoms with Crippen molar-refractivity contribution in [2.75, 3.05) is 4.72 Å². The molecule has 0 spiro atoms. The summed E-state index contributed by atoms with van der Waals surface area (Å²) in [5.74, 6) is -2.55. The molecule has 0 aliphatic rings. The fourth-order valence-electron chi connectivity index (χ4n) is 1.58. The highest BCUT2D eigenvalue weighted by Gasteiger charge is 2.22. The number of rotatable bonds is 4. The van der Waals surface area contributed by atoms with Crippen molar-refractivity contribution in [3.8, 4) is 0 Å². The van der Waals surface area contributed by atoms with E-state index in [1.54, 1.807) is 0 Å². The molecule has 0 fully saturated rings. The number of anilines is 1. The summed E-state index contributed by atoms with van der Waals surface area (Å²) in [5, 5.41) is 8.87. The van der Waals surface area contributed by atoms with E-state index in [1.165, 1.54) is 25.4 Å². The Balaban J connectivity index is 2.52. The van der Waals surface area contributed by atoms with Gasteiger partial charge in [-0.1, -0.05) is 0 Å². The number of carboxylic acid groups (broad SMARTS) is 1. The quantitative estimate of drug-likeness (QED) is 0.884. The van der Waals surface area contributed by atoms with Crippen LogP contribution in [0.1, 0.15) is 15.9 Å². The van der Waals surface area contributed by atoms with Gasteiger partial charge in [-0.3, -0.25) is 0 Å². The summed E-state index contributed by atoms with van der Waals surface area (Å²) in [4.78, 5) is 17.8. The number of carbonyl (C=O) groups is 1. The second kappa shape index (κ2) is 5.44. The molecule has 0 amide bonds. The van der Waals surface area contributed by atoms with Crippen molar-refractivity contribution in [3.63, 3.8) is 0 Å². The zero-order valence-electron chi connectivity index (χ0n) is 10.7. The first-order valence-electron chi connectivity index (χ1n) is 5.64. The Morgan fingerprint density at radius 2 is 1.90 bits per heavy atom. The zero-order valence-corrected chi connectivity index (χ0v) is 11.6. The topological polar surface area (TPSA) is 109 Å². The molecule has 1 heterocycles. The summed E-state index contributed by atoms with van der Waals surface area (Å²) >= 11 is 0. The molecule has 0 saturated carbocycles. The Bertz CT molecular complexity index is 794. The molecule has 2 rings (SSSR count). The Labute approximate surface area is 119 Å². The molecule has 0 radical (unpaired) electrons. The predicted octanol–water partition coefficient (Wildman–Crippen LogP) is 1.42. The van der Waals surface area contributed by atoms with Crippen LogP contribution in [0.25, 0.3) is 0 Å². The highest BCUT2D eigenvalue weighted by atomic mass is 32.2. The second-order valence-electron chi connectivity index (χ2n) is 4.06. The summed E-state index contributed by atoms with van der Waals surface area (Å²) in [6, 6.07) is 3.13. The van der Waals surface area contributed by atoms with Crippen molar-refractivity contribution in [2.24, 2.45) is 0 Å². The molecule has 7 nitrogen and oxygen atoms in total. The number of halogens is 1. The average Bonchev–Trinajstić information content (AvgIpc) is 2.41. The molecule has 9 heteroatoms. The molecule has 0 aliphatic carbocycles. The number of sulfonamides is 1. The maximum atomic E-state index is 13.7. The third-order valence-electron chi connectivity index (χ3n) is 2.62. The van der Waals surface area contributed by atoms with Gasteiger partial charge in [-0.15, -0.1) is 0 Å². The third kappa shape index (κ3) is 3.14. The van der Waals surface area contributed by atoms with Crippen LogP contribution in [0.2, 0.25) is 0 Å². The molecular weight excluding hydrogens is 301 g/mol. The predicted molar refractivity (Wildman–Crippen MR) is 70.9 cm³/mol. The lowest BCUT2D eigenvalue weighted by atomic mass is 10.1. The van der Waals surface area contributed by atoms with Gasteiger partial charge in [0.05, 0.1) is 10.5 Å². The van der Waals surface area contributed by atoms with Gasteiger partial charge in [0, 0.05) is 18.0 Å². The van der Waals surface area contributed by atoms with Gasteiger partial charge >= 0.3 is 5.97 Å². The highest BCUT2D eigenvalue weighted by Crippen LogP contribution is 2.22. The third-order valence-corrected chi connectivity index (χ3v) is 4.08. The monoisotopic (exact) mass is 311 g/mol. The lowest BCUT2D eigenvalue weighted by Gasteiger charge is -2.10. The smallest absolute Gasteiger partial charge is 0.335 e. The first-order chi connectivity index (χ1) is 9.81. The van der Waals surface area contributed by atoms with Gasteiger partial charge in [0.2, 0.25) is 5.95 Å². The number of hydrogen-bond donors (Lipinski definition) is 2. The van der Waals surface area contributed by atoms with Crippen LogP contribution in [-0.4, -0.2) is 29.5 Å². The van der Waals surface area contributed by atoms with Gasteiger partial charge in [-0.25, -0.2) is 32.3 Å². The Morgan fingerprint density at radius 1 is 1.29 bits per heavy atom. The zero-order chi connectivity index (χ0) is 15.6. The number of carboxylic acids is 1. The molecular formula is C12H10FN3O4S. The maximum Gasteiger partial charge on any atom is 0.335 e. The first kappa shape index (κ1) is 14.9. The lowest BCUT2D eigenvalue weighted by molar-refractivity contribution is 0.0696. The molecule has 21 heavy (non-hydrogen) atoms. The fourth-order valence-corrected chi connectivity index (χ4v) is 2.82. The first-order valence-corrected chi connectivity index (χ1v) is 7.13. The number of aromatic carboxylic acids is 1. The highest BCUT2D eigenvalue weighted by molar-refractivity contribution is 7.92. The second-order valence-corrected chi connectivity index (χ2v) is 5.72. The normalized spacial score (nSPS) is 11.1. The average molecular weight is 311 g/mol. The van der Waals surface area contributed by atoms with Gasteiger partial charge in [0.15, 0.2) is 0 Å². The molecule has 0 saturated heterocycles. The van der Waals surface area contributed by atoms with Gasteiger partial charge in [-0.05, 0) is 25.1 Å².